The van der Waals surface area contributed by atoms with Gasteiger partial charge in [-0.05, 0) is 67.0 Å². The van der Waals surface area contributed by atoms with E-state index in [-0.39, 0.29) is 10.6 Å². The molecule has 0 amide bonds. The minimum Gasteiger partial charge on any atom is -0.495 e. The molecule has 4 rings (SSSR count). The molecule has 0 radical (unpaired) electrons. The topological polar surface area (TPSA) is 95.4 Å². The van der Waals surface area contributed by atoms with Gasteiger partial charge in [0.15, 0.2) is 5.58 Å². The summed E-state index contributed by atoms with van der Waals surface area (Å²) in [6.45, 7) is 2.07. The van der Waals surface area contributed by atoms with Crippen LogP contribution in [-0.2, 0) is 29.3 Å². The van der Waals surface area contributed by atoms with E-state index in [0.29, 0.717) is 16.8 Å². The molecule has 1 heterocycles. The number of fused-ring (bicyclic) bond motifs is 2. The van der Waals surface area contributed by atoms with Gasteiger partial charge in [0.1, 0.15) is 16.3 Å². The SMILES string of the molecule is CCc1ccc2onc(-c3c4c(cc(OC)c3S(N)(=O)=O)CCCC4)c2c1. The van der Waals surface area contributed by atoms with Crippen molar-refractivity contribution < 1.29 is 17.7 Å². The number of nitrogens with two attached hydrogens (primary N) is 1. The quantitative estimate of drug-likeness (QED) is 0.739. The summed E-state index contributed by atoms with van der Waals surface area (Å²) in [6, 6.07) is 7.66. The summed E-state index contributed by atoms with van der Waals surface area (Å²) in [7, 11) is -2.57. The fourth-order valence-corrected chi connectivity index (χ4v) is 4.86. The predicted molar refractivity (Wildman–Crippen MR) is 103 cm³/mol. The van der Waals surface area contributed by atoms with E-state index in [2.05, 4.69) is 12.1 Å². The van der Waals surface area contributed by atoms with E-state index in [0.717, 1.165) is 54.2 Å². The summed E-state index contributed by atoms with van der Waals surface area (Å²) in [4.78, 5) is -0.0113. The first kappa shape index (κ1) is 18.0. The van der Waals surface area contributed by atoms with Crippen molar-refractivity contribution in [2.75, 3.05) is 7.11 Å². The van der Waals surface area contributed by atoms with E-state index in [9.17, 15) is 8.42 Å². The maximum atomic E-state index is 12.5. The minimum absolute atomic E-state index is 0.0113. The third-order valence-corrected chi connectivity index (χ3v) is 6.23. The number of methoxy groups -OCH3 is 1. The number of aryl methyl sites for hydroxylation is 2. The summed E-state index contributed by atoms with van der Waals surface area (Å²) in [5.74, 6) is 0.260. The number of rotatable bonds is 4. The molecule has 7 heteroatoms. The Kier molecular flexibility index (Phi) is 4.44. The smallest absolute Gasteiger partial charge is 0.242 e. The largest absolute Gasteiger partial charge is 0.495 e. The molecule has 2 aromatic carbocycles. The predicted octanol–water partition coefficient (Wildman–Crippen LogP) is 3.59. The lowest BCUT2D eigenvalue weighted by atomic mass is 9.86. The van der Waals surface area contributed by atoms with Gasteiger partial charge in [-0.15, -0.1) is 0 Å². The van der Waals surface area contributed by atoms with Crippen LogP contribution < -0.4 is 9.88 Å². The van der Waals surface area contributed by atoms with Crippen LogP contribution in [0, 0.1) is 0 Å². The first-order valence-electron chi connectivity index (χ1n) is 9.08. The van der Waals surface area contributed by atoms with Gasteiger partial charge in [-0.2, -0.15) is 0 Å². The summed E-state index contributed by atoms with van der Waals surface area (Å²) in [6.07, 6.45) is 4.56. The zero-order chi connectivity index (χ0) is 19.2. The van der Waals surface area contributed by atoms with Gasteiger partial charge in [0.2, 0.25) is 10.0 Å². The van der Waals surface area contributed by atoms with Gasteiger partial charge in [0.25, 0.3) is 0 Å². The second-order valence-corrected chi connectivity index (χ2v) is 8.39. The molecule has 142 valence electrons. The van der Waals surface area contributed by atoms with Crippen molar-refractivity contribution in [3.05, 3.63) is 41.0 Å². The number of primary sulfonamides is 1. The zero-order valence-electron chi connectivity index (χ0n) is 15.4. The highest BCUT2D eigenvalue weighted by Crippen LogP contribution is 2.43. The van der Waals surface area contributed by atoms with E-state index >= 15 is 0 Å². The molecule has 2 N–H and O–H groups in total. The van der Waals surface area contributed by atoms with Crippen molar-refractivity contribution in [3.8, 4) is 17.0 Å². The average molecular weight is 386 g/mol. The first-order chi connectivity index (χ1) is 12.9. The van der Waals surface area contributed by atoms with Crippen LogP contribution in [-0.4, -0.2) is 20.7 Å². The van der Waals surface area contributed by atoms with Crippen molar-refractivity contribution in [2.45, 2.75) is 43.9 Å². The molecule has 0 bridgehead atoms. The summed E-state index contributed by atoms with van der Waals surface area (Å²) in [5, 5.41) is 10.6. The third kappa shape index (κ3) is 3.00. The molecule has 0 spiro atoms. The van der Waals surface area contributed by atoms with Crippen LogP contribution in [0.1, 0.15) is 36.5 Å². The van der Waals surface area contributed by atoms with Gasteiger partial charge in [-0.25, -0.2) is 13.6 Å². The molecule has 0 saturated heterocycles. The second-order valence-electron chi connectivity index (χ2n) is 6.89. The van der Waals surface area contributed by atoms with Crippen molar-refractivity contribution in [1.29, 1.82) is 0 Å². The Labute approximate surface area is 158 Å². The number of hydrogen-bond acceptors (Lipinski definition) is 5. The van der Waals surface area contributed by atoms with Gasteiger partial charge in [-0.1, -0.05) is 18.1 Å². The van der Waals surface area contributed by atoms with Crippen LogP contribution in [0.5, 0.6) is 5.75 Å². The van der Waals surface area contributed by atoms with Crippen LogP contribution >= 0.6 is 0 Å². The van der Waals surface area contributed by atoms with Crippen LogP contribution in [0.2, 0.25) is 0 Å². The average Bonchev–Trinajstić information content (AvgIpc) is 3.08. The highest BCUT2D eigenvalue weighted by Gasteiger charge is 2.30. The number of aromatic nitrogens is 1. The van der Waals surface area contributed by atoms with Crippen LogP contribution in [0.4, 0.5) is 0 Å². The zero-order valence-corrected chi connectivity index (χ0v) is 16.2. The fraction of sp³-hybridized carbons (Fsp3) is 0.350. The number of benzene rings is 2. The maximum absolute atomic E-state index is 12.5. The Bertz CT molecular complexity index is 1130. The minimum atomic E-state index is -4.03. The molecule has 1 aliphatic carbocycles. The summed E-state index contributed by atoms with van der Waals surface area (Å²) < 4.78 is 36.0. The molecular formula is C20H22N2O4S. The van der Waals surface area contributed by atoms with Crippen LogP contribution in [0.25, 0.3) is 22.2 Å². The molecule has 0 unspecified atom stereocenters. The fourth-order valence-electron chi connectivity index (χ4n) is 3.93. The van der Waals surface area contributed by atoms with Crippen LogP contribution in [0.3, 0.4) is 0 Å². The standard InChI is InChI=1S/C20H22N2O4S/c1-3-12-8-9-16-15(10-12)19(22-26-16)18-14-7-5-4-6-13(14)11-17(25-2)20(18)27(21,23)24/h8-11H,3-7H2,1-2H3,(H2,21,23,24). The molecule has 27 heavy (non-hydrogen) atoms. The first-order valence-corrected chi connectivity index (χ1v) is 10.6. The van der Waals surface area contributed by atoms with Gasteiger partial charge in [0.05, 0.1) is 12.5 Å². The molecule has 3 aromatic rings. The summed E-state index contributed by atoms with van der Waals surface area (Å²) in [5.41, 5.74) is 4.85. The third-order valence-electron chi connectivity index (χ3n) is 5.25. The van der Waals surface area contributed by atoms with Crippen molar-refractivity contribution >= 4 is 21.0 Å². The van der Waals surface area contributed by atoms with Crippen molar-refractivity contribution in [2.24, 2.45) is 5.14 Å². The molecule has 0 aliphatic heterocycles. The van der Waals surface area contributed by atoms with Gasteiger partial charge < -0.3 is 9.26 Å². The Morgan fingerprint density at radius 2 is 2.00 bits per heavy atom. The van der Waals surface area contributed by atoms with E-state index in [1.165, 1.54) is 7.11 Å². The van der Waals surface area contributed by atoms with Crippen molar-refractivity contribution in [3.63, 3.8) is 0 Å². The molecule has 0 atom stereocenters. The van der Waals surface area contributed by atoms with Gasteiger partial charge >= 0.3 is 0 Å². The highest BCUT2D eigenvalue weighted by atomic mass is 32.2. The van der Waals surface area contributed by atoms with Crippen LogP contribution in [0.15, 0.2) is 33.7 Å². The van der Waals surface area contributed by atoms with E-state index < -0.39 is 10.0 Å². The monoisotopic (exact) mass is 386 g/mol. The lowest BCUT2D eigenvalue weighted by Crippen LogP contribution is -2.18. The normalized spacial score (nSPS) is 14.3. The number of sulfonamides is 1. The Morgan fingerprint density at radius 1 is 1.22 bits per heavy atom. The molecule has 6 nitrogen and oxygen atoms in total. The highest BCUT2D eigenvalue weighted by molar-refractivity contribution is 7.89. The second kappa shape index (κ2) is 6.65. The van der Waals surface area contributed by atoms with E-state index in [1.807, 2.05) is 18.2 Å². The molecular weight excluding hydrogens is 364 g/mol. The molecule has 1 aromatic heterocycles. The van der Waals surface area contributed by atoms with E-state index in [1.54, 1.807) is 6.07 Å². The lowest BCUT2D eigenvalue weighted by molar-refractivity contribution is 0.401. The van der Waals surface area contributed by atoms with E-state index in [4.69, 9.17) is 14.4 Å². The number of ether oxygens (including phenoxy) is 1. The Hall–Kier alpha value is -2.38. The lowest BCUT2D eigenvalue weighted by Gasteiger charge is -2.23. The summed E-state index contributed by atoms with van der Waals surface area (Å²) >= 11 is 0. The maximum Gasteiger partial charge on any atom is 0.242 e. The Morgan fingerprint density at radius 3 is 2.70 bits per heavy atom. The number of hydrogen-bond donors (Lipinski definition) is 1. The Balaban J connectivity index is 2.13. The molecule has 0 fully saturated rings. The molecule has 0 saturated carbocycles. The number of nitrogens with zero attached hydrogens (tertiary/aromatic N) is 1. The molecule has 1 aliphatic rings. The van der Waals surface area contributed by atoms with Gasteiger partial charge in [0, 0.05) is 5.56 Å². The van der Waals surface area contributed by atoms with Gasteiger partial charge in [-0.3, -0.25) is 0 Å². The van der Waals surface area contributed by atoms with Crippen molar-refractivity contribution in [1.82, 2.24) is 5.16 Å².